The molecule has 0 aliphatic rings. The molecule has 28 heavy (non-hydrogen) atoms. The first-order valence-corrected chi connectivity index (χ1v) is 10.7. The summed E-state index contributed by atoms with van der Waals surface area (Å²) in [6.07, 6.45) is 0. The Morgan fingerprint density at radius 2 is 1.68 bits per heavy atom. The molecule has 0 aliphatic heterocycles. The minimum Gasteiger partial charge on any atom is -0.357 e. The zero-order valence-electron chi connectivity index (χ0n) is 16.4. The fourth-order valence-electron chi connectivity index (χ4n) is 2.55. The summed E-state index contributed by atoms with van der Waals surface area (Å²) in [5.74, 6) is 0.397. The highest BCUT2D eigenvalue weighted by atomic mass is 32.2. The molecular formula is C20H27FN4O2S. The molecule has 6 nitrogen and oxygen atoms in total. The summed E-state index contributed by atoms with van der Waals surface area (Å²) < 4.78 is 38.9. The van der Waals surface area contributed by atoms with Crippen molar-refractivity contribution in [3.8, 4) is 0 Å². The van der Waals surface area contributed by atoms with Gasteiger partial charge in [-0.25, -0.2) is 22.5 Å². The fraction of sp³-hybridized carbons (Fsp3) is 0.350. The average Bonchev–Trinajstić information content (AvgIpc) is 2.67. The molecular weight excluding hydrogens is 379 g/mol. The maximum absolute atomic E-state index is 13.4. The van der Waals surface area contributed by atoms with Gasteiger partial charge >= 0.3 is 0 Å². The van der Waals surface area contributed by atoms with Gasteiger partial charge in [0.05, 0.1) is 12.3 Å². The maximum Gasteiger partial charge on any atom is 0.215 e. The number of hydrogen-bond donors (Lipinski definition) is 3. The van der Waals surface area contributed by atoms with E-state index < -0.39 is 10.0 Å². The van der Waals surface area contributed by atoms with E-state index in [4.69, 9.17) is 0 Å². The van der Waals surface area contributed by atoms with E-state index in [-0.39, 0.29) is 11.6 Å². The minimum absolute atomic E-state index is 0.0433. The van der Waals surface area contributed by atoms with Crippen molar-refractivity contribution in [3.63, 3.8) is 0 Å². The van der Waals surface area contributed by atoms with Crippen LogP contribution in [0.1, 0.15) is 29.2 Å². The SMILES string of the molecule is CCNC(=NCc1ccc(F)c(C)c1)NCc1ccc(CS(=O)(=O)NC)cc1. The molecule has 0 saturated heterocycles. The van der Waals surface area contributed by atoms with Crippen LogP contribution in [-0.2, 0) is 28.9 Å². The number of halogens is 1. The number of nitrogens with one attached hydrogen (secondary N) is 3. The van der Waals surface area contributed by atoms with Gasteiger partial charge in [-0.1, -0.05) is 36.4 Å². The Morgan fingerprint density at radius 1 is 1.04 bits per heavy atom. The second-order valence-electron chi connectivity index (χ2n) is 6.41. The van der Waals surface area contributed by atoms with Crippen LogP contribution in [0.4, 0.5) is 4.39 Å². The Labute approximate surface area is 166 Å². The summed E-state index contributed by atoms with van der Waals surface area (Å²) in [6, 6.07) is 12.4. The maximum atomic E-state index is 13.4. The largest absolute Gasteiger partial charge is 0.357 e. The van der Waals surface area contributed by atoms with Crippen molar-refractivity contribution in [3.05, 3.63) is 70.5 Å². The molecule has 0 fully saturated rings. The van der Waals surface area contributed by atoms with Gasteiger partial charge in [-0.15, -0.1) is 0 Å². The van der Waals surface area contributed by atoms with Crippen LogP contribution in [0.15, 0.2) is 47.5 Å². The molecule has 0 spiro atoms. The van der Waals surface area contributed by atoms with Gasteiger partial charge < -0.3 is 10.6 Å². The lowest BCUT2D eigenvalue weighted by Gasteiger charge is -2.12. The monoisotopic (exact) mass is 406 g/mol. The van der Waals surface area contributed by atoms with Gasteiger partial charge in [0.15, 0.2) is 5.96 Å². The molecule has 0 heterocycles. The van der Waals surface area contributed by atoms with Crippen LogP contribution in [0.25, 0.3) is 0 Å². The summed E-state index contributed by atoms with van der Waals surface area (Å²) in [4.78, 5) is 4.53. The Kier molecular flexibility index (Phi) is 7.95. The smallest absolute Gasteiger partial charge is 0.215 e. The second-order valence-corrected chi connectivity index (χ2v) is 8.34. The first kappa shape index (κ1) is 21.8. The summed E-state index contributed by atoms with van der Waals surface area (Å²) >= 11 is 0. The van der Waals surface area contributed by atoms with Gasteiger partial charge in [0.25, 0.3) is 0 Å². The van der Waals surface area contributed by atoms with Crippen molar-refractivity contribution in [2.45, 2.75) is 32.7 Å². The number of aryl methyl sites for hydroxylation is 1. The molecule has 0 aromatic heterocycles. The fourth-order valence-corrected chi connectivity index (χ4v) is 3.32. The number of guanidine groups is 1. The standard InChI is InChI=1S/C20H27FN4O2S/c1-4-23-20(25-13-18-9-10-19(21)15(2)11-18)24-12-16-5-7-17(8-6-16)14-28(26,27)22-3/h5-11,22H,4,12-14H2,1-3H3,(H2,23,24,25). The van der Waals surface area contributed by atoms with E-state index in [0.29, 0.717) is 24.6 Å². The van der Waals surface area contributed by atoms with E-state index in [1.807, 2.05) is 19.1 Å². The lowest BCUT2D eigenvalue weighted by atomic mass is 10.1. The van der Waals surface area contributed by atoms with Gasteiger partial charge in [-0.3, -0.25) is 0 Å². The Balaban J connectivity index is 1.97. The van der Waals surface area contributed by atoms with E-state index in [0.717, 1.165) is 23.2 Å². The van der Waals surface area contributed by atoms with Gasteiger partial charge in [0.2, 0.25) is 10.0 Å². The van der Waals surface area contributed by atoms with Gasteiger partial charge in [-0.2, -0.15) is 0 Å². The van der Waals surface area contributed by atoms with Crippen LogP contribution in [0.5, 0.6) is 0 Å². The molecule has 0 radical (unpaired) electrons. The van der Waals surface area contributed by atoms with E-state index in [2.05, 4.69) is 20.3 Å². The summed E-state index contributed by atoms with van der Waals surface area (Å²) in [5, 5.41) is 6.42. The van der Waals surface area contributed by atoms with Crippen LogP contribution >= 0.6 is 0 Å². The van der Waals surface area contributed by atoms with Crippen LogP contribution in [0.3, 0.4) is 0 Å². The van der Waals surface area contributed by atoms with Crippen molar-refractivity contribution < 1.29 is 12.8 Å². The van der Waals surface area contributed by atoms with Crippen molar-refractivity contribution >= 4 is 16.0 Å². The van der Waals surface area contributed by atoms with Gasteiger partial charge in [0, 0.05) is 13.1 Å². The second kappa shape index (κ2) is 10.2. The zero-order valence-corrected chi connectivity index (χ0v) is 17.2. The zero-order chi connectivity index (χ0) is 20.6. The van der Waals surface area contributed by atoms with Crippen molar-refractivity contribution in [1.29, 1.82) is 0 Å². The molecule has 0 saturated carbocycles. The highest BCUT2D eigenvalue weighted by Gasteiger charge is 2.08. The number of rotatable bonds is 8. The van der Waals surface area contributed by atoms with Crippen LogP contribution in [0, 0.1) is 12.7 Å². The molecule has 2 aromatic carbocycles. The molecule has 8 heteroatoms. The Hall–Kier alpha value is -2.45. The van der Waals surface area contributed by atoms with Crippen LogP contribution in [-0.4, -0.2) is 28.0 Å². The lowest BCUT2D eigenvalue weighted by molar-refractivity contribution is 0.587. The summed E-state index contributed by atoms with van der Waals surface area (Å²) in [5.41, 5.74) is 3.27. The quantitative estimate of drug-likeness (QED) is 0.465. The molecule has 0 atom stereocenters. The molecule has 0 aliphatic carbocycles. The number of nitrogens with zero attached hydrogens (tertiary/aromatic N) is 1. The first-order valence-electron chi connectivity index (χ1n) is 9.09. The molecule has 0 amide bonds. The molecule has 0 bridgehead atoms. The number of aliphatic imine (C=N–C) groups is 1. The first-order chi connectivity index (χ1) is 13.3. The number of hydrogen-bond acceptors (Lipinski definition) is 3. The molecule has 0 unspecified atom stereocenters. The Bertz CT molecular complexity index is 912. The highest BCUT2D eigenvalue weighted by molar-refractivity contribution is 7.88. The normalized spacial score (nSPS) is 12.1. The third kappa shape index (κ3) is 6.94. The Morgan fingerprint density at radius 3 is 2.29 bits per heavy atom. The number of sulfonamides is 1. The average molecular weight is 407 g/mol. The highest BCUT2D eigenvalue weighted by Crippen LogP contribution is 2.10. The van der Waals surface area contributed by atoms with Crippen LogP contribution in [0.2, 0.25) is 0 Å². The molecule has 3 N–H and O–H groups in total. The van der Waals surface area contributed by atoms with Crippen molar-refractivity contribution in [2.75, 3.05) is 13.6 Å². The third-order valence-electron chi connectivity index (χ3n) is 4.14. The predicted molar refractivity (Wildman–Crippen MR) is 111 cm³/mol. The van der Waals surface area contributed by atoms with E-state index in [9.17, 15) is 12.8 Å². The molecule has 2 aromatic rings. The van der Waals surface area contributed by atoms with Crippen molar-refractivity contribution in [1.82, 2.24) is 15.4 Å². The summed E-state index contributed by atoms with van der Waals surface area (Å²) in [6.45, 7) is 5.42. The van der Waals surface area contributed by atoms with Crippen LogP contribution < -0.4 is 15.4 Å². The van der Waals surface area contributed by atoms with Crippen molar-refractivity contribution in [2.24, 2.45) is 4.99 Å². The number of benzene rings is 2. The third-order valence-corrected chi connectivity index (χ3v) is 5.47. The minimum atomic E-state index is -3.28. The lowest BCUT2D eigenvalue weighted by Crippen LogP contribution is -2.36. The van der Waals surface area contributed by atoms with Gasteiger partial charge in [0.1, 0.15) is 5.82 Å². The molecule has 2 rings (SSSR count). The predicted octanol–water partition coefficient (Wildman–Crippen LogP) is 2.44. The van der Waals surface area contributed by atoms with E-state index in [1.165, 1.54) is 13.1 Å². The summed E-state index contributed by atoms with van der Waals surface area (Å²) in [7, 11) is -1.87. The molecule has 152 valence electrons. The van der Waals surface area contributed by atoms with Gasteiger partial charge in [-0.05, 0) is 49.2 Å². The topological polar surface area (TPSA) is 82.6 Å². The van der Waals surface area contributed by atoms with E-state index in [1.54, 1.807) is 31.2 Å². The van der Waals surface area contributed by atoms with E-state index >= 15 is 0 Å².